The van der Waals surface area contributed by atoms with Gasteiger partial charge in [0.2, 0.25) is 23.6 Å². The maximum Gasteiger partial charge on any atom is 0.324 e. The number of carbonyl (C=O) groups excluding carboxylic acids is 2. The molecule has 13 heteroatoms. The molecule has 37 heavy (non-hydrogen) atoms. The number of rotatable bonds is 6. The average Bonchev–Trinajstić information content (AvgIpc) is 3.48. The third-order valence-corrected chi connectivity index (χ3v) is 6.58. The van der Waals surface area contributed by atoms with Crippen LogP contribution < -0.4 is 15.5 Å². The van der Waals surface area contributed by atoms with Crippen molar-refractivity contribution in [2.24, 2.45) is 21.3 Å². The molecule has 2 N–H and O–H groups in total. The summed E-state index contributed by atoms with van der Waals surface area (Å²) in [6.07, 6.45) is 4.21. The van der Waals surface area contributed by atoms with Crippen molar-refractivity contribution in [2.45, 2.75) is 71.4 Å². The predicted molar refractivity (Wildman–Crippen MR) is 134 cm³/mol. The Morgan fingerprint density at radius 3 is 2.32 bits per heavy atom. The molecule has 3 aliphatic heterocycles. The highest BCUT2D eigenvalue weighted by atomic mass is 19.3. The lowest BCUT2D eigenvalue weighted by Gasteiger charge is -2.31. The topological polar surface area (TPSA) is 128 Å². The molecule has 1 aromatic heterocycles. The van der Waals surface area contributed by atoms with E-state index in [1.807, 2.05) is 25.7 Å². The van der Waals surface area contributed by atoms with E-state index in [4.69, 9.17) is 4.52 Å². The Morgan fingerprint density at radius 1 is 1.05 bits per heavy atom. The molecule has 3 aliphatic rings. The van der Waals surface area contributed by atoms with E-state index in [9.17, 15) is 18.4 Å². The molecule has 2 saturated heterocycles. The summed E-state index contributed by atoms with van der Waals surface area (Å²) in [5.41, 5.74) is -0.0556. The fraction of sp³-hybridized carbons (Fsp3) is 0.750. The van der Waals surface area contributed by atoms with E-state index in [0.29, 0.717) is 51.4 Å². The molecule has 2 amide bonds. The van der Waals surface area contributed by atoms with Crippen molar-refractivity contribution >= 4 is 30.0 Å². The Hall–Kier alpha value is -3.12. The van der Waals surface area contributed by atoms with E-state index in [-0.39, 0.29) is 35.3 Å². The van der Waals surface area contributed by atoms with Crippen molar-refractivity contribution in [3.8, 4) is 0 Å². The first-order valence-corrected chi connectivity index (χ1v) is 12.8. The van der Waals surface area contributed by atoms with E-state index in [2.05, 4.69) is 30.8 Å². The standard InChI is InChI=1S/C24H36F2N8O3/c1-23(2,3)11-18(35)29-17-7-10-34(14-17)21-27-12-15(13-28-21)19(36)30-16-5-8-33(9-6-16)22-31-20(32-37-22)24(4,25)26/h12,15-17H,5-11,13-14H2,1-4H3,(H,29,35)(H,30,36)/t15?,17-/m1/s1. The summed E-state index contributed by atoms with van der Waals surface area (Å²) in [6, 6.07) is 0.0888. The number of nitrogens with one attached hydrogen (secondary N) is 2. The number of likely N-dealkylation sites (tertiary alicyclic amines) is 1. The third-order valence-electron chi connectivity index (χ3n) is 6.58. The van der Waals surface area contributed by atoms with Gasteiger partial charge >= 0.3 is 11.9 Å². The lowest BCUT2D eigenvalue weighted by molar-refractivity contribution is -0.124. The molecule has 0 aromatic carbocycles. The molecule has 1 aromatic rings. The number of halogens is 2. The van der Waals surface area contributed by atoms with Crippen molar-refractivity contribution in [1.82, 2.24) is 25.7 Å². The predicted octanol–water partition coefficient (Wildman–Crippen LogP) is 1.95. The summed E-state index contributed by atoms with van der Waals surface area (Å²) in [5, 5.41) is 9.50. The van der Waals surface area contributed by atoms with Crippen LogP contribution in [0.4, 0.5) is 14.8 Å². The summed E-state index contributed by atoms with van der Waals surface area (Å²) in [6.45, 7) is 9.58. The van der Waals surface area contributed by atoms with E-state index in [0.717, 1.165) is 19.9 Å². The Kier molecular flexibility index (Phi) is 7.79. The van der Waals surface area contributed by atoms with Gasteiger partial charge in [0.1, 0.15) is 0 Å². The average molecular weight is 523 g/mol. The Balaban J connectivity index is 1.19. The number of hydrogen-bond donors (Lipinski definition) is 2. The molecular weight excluding hydrogens is 486 g/mol. The minimum absolute atomic E-state index is 0.0476. The normalized spacial score (nSPS) is 23.2. The van der Waals surface area contributed by atoms with E-state index in [1.54, 1.807) is 11.1 Å². The highest BCUT2D eigenvalue weighted by molar-refractivity contribution is 6.00. The largest absolute Gasteiger partial charge is 0.353 e. The molecule has 0 radical (unpaired) electrons. The fourth-order valence-corrected chi connectivity index (χ4v) is 4.62. The summed E-state index contributed by atoms with van der Waals surface area (Å²) < 4.78 is 31.7. The number of aromatic nitrogens is 2. The monoisotopic (exact) mass is 522 g/mol. The fourth-order valence-electron chi connectivity index (χ4n) is 4.62. The Bertz CT molecular complexity index is 1040. The maximum atomic E-state index is 13.4. The summed E-state index contributed by atoms with van der Waals surface area (Å²) in [5.74, 6) is -3.72. The number of carbonyl (C=O) groups is 2. The molecule has 1 unspecified atom stereocenters. The van der Waals surface area contributed by atoms with Gasteiger partial charge in [0, 0.05) is 57.8 Å². The van der Waals surface area contributed by atoms with Crippen LogP contribution in [0.2, 0.25) is 0 Å². The van der Waals surface area contributed by atoms with Crippen molar-refractivity contribution in [1.29, 1.82) is 0 Å². The van der Waals surface area contributed by atoms with E-state index < -0.39 is 17.7 Å². The minimum atomic E-state index is -3.16. The number of amides is 2. The van der Waals surface area contributed by atoms with E-state index >= 15 is 0 Å². The molecule has 2 fully saturated rings. The van der Waals surface area contributed by atoms with Gasteiger partial charge in [0.05, 0.1) is 12.5 Å². The number of piperidine rings is 1. The number of guanidine groups is 1. The lowest BCUT2D eigenvalue weighted by atomic mass is 9.92. The van der Waals surface area contributed by atoms with Gasteiger partial charge in [0.25, 0.3) is 0 Å². The minimum Gasteiger partial charge on any atom is -0.353 e. The van der Waals surface area contributed by atoms with Gasteiger partial charge < -0.3 is 25.0 Å². The van der Waals surface area contributed by atoms with Gasteiger partial charge in [-0.25, -0.2) is 9.98 Å². The van der Waals surface area contributed by atoms with E-state index in [1.165, 1.54) is 0 Å². The zero-order valence-electron chi connectivity index (χ0n) is 21.8. The van der Waals surface area contributed by atoms with Crippen LogP contribution in [-0.2, 0) is 15.5 Å². The van der Waals surface area contributed by atoms with Gasteiger partial charge in [0.15, 0.2) is 0 Å². The number of hydrogen-bond acceptors (Lipinski definition) is 9. The smallest absolute Gasteiger partial charge is 0.324 e. The number of nitrogens with zero attached hydrogens (tertiary/aromatic N) is 6. The molecule has 11 nitrogen and oxygen atoms in total. The molecule has 0 spiro atoms. The first-order valence-electron chi connectivity index (χ1n) is 12.8. The number of anilines is 1. The molecular formula is C24H36F2N8O3. The van der Waals surface area contributed by atoms with Crippen LogP contribution in [0, 0.1) is 11.3 Å². The molecule has 0 bridgehead atoms. The van der Waals surface area contributed by atoms with Crippen molar-refractivity contribution in [2.75, 3.05) is 37.6 Å². The Labute approximate surface area is 215 Å². The number of aliphatic imine (C=N–C) groups is 2. The van der Waals surface area contributed by atoms with Gasteiger partial charge in [-0.15, -0.1) is 0 Å². The maximum absolute atomic E-state index is 13.4. The van der Waals surface area contributed by atoms with Crippen molar-refractivity contribution in [3.05, 3.63) is 5.82 Å². The quantitative estimate of drug-likeness (QED) is 0.584. The van der Waals surface area contributed by atoms with Crippen molar-refractivity contribution in [3.63, 3.8) is 0 Å². The van der Waals surface area contributed by atoms with Gasteiger partial charge in [-0.05, 0) is 24.7 Å². The summed E-state index contributed by atoms with van der Waals surface area (Å²) in [4.78, 5) is 41.6. The van der Waals surface area contributed by atoms with Crippen LogP contribution in [0.1, 0.15) is 59.2 Å². The van der Waals surface area contributed by atoms with Crippen molar-refractivity contribution < 1.29 is 22.9 Å². The van der Waals surface area contributed by atoms with Gasteiger partial charge in [-0.3, -0.25) is 9.59 Å². The van der Waals surface area contributed by atoms with Crippen LogP contribution >= 0.6 is 0 Å². The highest BCUT2D eigenvalue weighted by Gasteiger charge is 2.34. The van der Waals surface area contributed by atoms with Gasteiger partial charge in [-0.2, -0.15) is 13.8 Å². The SMILES string of the molecule is CC(C)(C)CC(=O)N[C@@H]1CCN(C2=NCC(C(=O)NC3CCN(c4nc(C(C)(F)F)no4)CC3)C=N2)C1. The van der Waals surface area contributed by atoms with Crippen LogP contribution in [0.15, 0.2) is 14.5 Å². The highest BCUT2D eigenvalue weighted by Crippen LogP contribution is 2.27. The Morgan fingerprint density at radius 2 is 1.73 bits per heavy atom. The van der Waals surface area contributed by atoms with Crippen LogP contribution in [-0.4, -0.2) is 83.8 Å². The molecule has 204 valence electrons. The molecule has 0 aliphatic carbocycles. The lowest BCUT2D eigenvalue weighted by Crippen LogP contribution is -2.47. The second-order valence-corrected chi connectivity index (χ2v) is 11.3. The molecule has 0 saturated carbocycles. The molecule has 4 rings (SSSR count). The first kappa shape index (κ1) is 26.9. The van der Waals surface area contributed by atoms with Crippen LogP contribution in [0.5, 0.6) is 0 Å². The second kappa shape index (κ2) is 10.7. The van der Waals surface area contributed by atoms with Gasteiger partial charge in [-0.1, -0.05) is 25.9 Å². The summed E-state index contributed by atoms with van der Waals surface area (Å²) in [7, 11) is 0. The zero-order chi connectivity index (χ0) is 26.8. The molecule has 2 atom stereocenters. The zero-order valence-corrected chi connectivity index (χ0v) is 21.8. The summed E-state index contributed by atoms with van der Waals surface area (Å²) >= 11 is 0. The third kappa shape index (κ3) is 7.22. The number of alkyl halides is 2. The second-order valence-electron chi connectivity index (χ2n) is 11.3. The molecule has 4 heterocycles. The first-order chi connectivity index (χ1) is 17.4. The van der Waals surface area contributed by atoms with Crippen LogP contribution in [0.3, 0.4) is 0 Å². The van der Waals surface area contributed by atoms with Crippen LogP contribution in [0.25, 0.3) is 0 Å².